The van der Waals surface area contributed by atoms with Crippen LogP contribution in [-0.2, 0) is 11.3 Å². The fraction of sp³-hybridized carbons (Fsp3) is 0.333. The molecule has 0 aliphatic carbocycles. The second kappa shape index (κ2) is 8.20. The van der Waals surface area contributed by atoms with E-state index < -0.39 is 24.7 Å². The summed E-state index contributed by atoms with van der Waals surface area (Å²) in [7, 11) is 0. The van der Waals surface area contributed by atoms with Crippen molar-refractivity contribution in [3.05, 3.63) is 48.2 Å². The summed E-state index contributed by atoms with van der Waals surface area (Å²) in [6.45, 7) is 0.171. The van der Waals surface area contributed by atoms with Crippen LogP contribution in [0.15, 0.2) is 36.8 Å². The van der Waals surface area contributed by atoms with Gasteiger partial charge in [0.25, 0.3) is 0 Å². The van der Waals surface area contributed by atoms with Gasteiger partial charge in [0.1, 0.15) is 5.75 Å². The molecule has 0 spiro atoms. The van der Waals surface area contributed by atoms with Crippen LogP contribution in [-0.4, -0.2) is 51.0 Å². The van der Waals surface area contributed by atoms with Gasteiger partial charge in [0.2, 0.25) is 0 Å². The summed E-state index contributed by atoms with van der Waals surface area (Å²) in [5.74, 6) is -5.79. The van der Waals surface area contributed by atoms with E-state index in [1.807, 2.05) is 0 Å². The summed E-state index contributed by atoms with van der Waals surface area (Å²) in [5.41, 5.74) is 1.05. The van der Waals surface area contributed by atoms with Crippen molar-refractivity contribution in [2.45, 2.75) is 25.6 Å². The summed E-state index contributed by atoms with van der Waals surface area (Å²) >= 11 is 0. The average molecular weight is 430 g/mol. The molecule has 0 saturated carbocycles. The third-order valence-electron chi connectivity index (χ3n) is 3.91. The van der Waals surface area contributed by atoms with Gasteiger partial charge in [-0.25, -0.2) is 9.78 Å². The lowest BCUT2D eigenvalue weighted by molar-refractivity contribution is -0.290. The van der Waals surface area contributed by atoms with Crippen molar-refractivity contribution in [2.75, 3.05) is 13.2 Å². The molecule has 160 valence electrons. The Labute approximate surface area is 166 Å². The van der Waals surface area contributed by atoms with Gasteiger partial charge in [0, 0.05) is 12.4 Å². The molecule has 3 aromatic rings. The van der Waals surface area contributed by atoms with E-state index in [9.17, 15) is 26.7 Å². The highest BCUT2D eigenvalue weighted by atomic mass is 19.4. The molecular formula is C18H15F5N4O3. The first-order chi connectivity index (χ1) is 14.1. The van der Waals surface area contributed by atoms with Gasteiger partial charge in [0.15, 0.2) is 12.3 Å². The van der Waals surface area contributed by atoms with E-state index >= 15 is 0 Å². The Hall–Kier alpha value is -3.31. The van der Waals surface area contributed by atoms with E-state index in [-0.39, 0.29) is 24.6 Å². The average Bonchev–Trinajstić information content (AvgIpc) is 3.09. The van der Waals surface area contributed by atoms with Crippen LogP contribution in [0.3, 0.4) is 0 Å². The van der Waals surface area contributed by atoms with E-state index in [1.165, 1.54) is 23.0 Å². The molecule has 0 aliphatic rings. The first-order valence-electron chi connectivity index (χ1n) is 8.62. The van der Waals surface area contributed by atoms with E-state index in [1.54, 1.807) is 19.2 Å². The molecule has 0 aromatic carbocycles. The lowest BCUT2D eigenvalue weighted by Crippen LogP contribution is -2.41. The molecule has 0 N–H and O–H groups in total. The third-order valence-corrected chi connectivity index (χ3v) is 3.91. The summed E-state index contributed by atoms with van der Waals surface area (Å²) in [5, 5.41) is 4.78. The van der Waals surface area contributed by atoms with Crippen LogP contribution in [0.2, 0.25) is 0 Å². The van der Waals surface area contributed by atoms with E-state index in [0.29, 0.717) is 16.6 Å². The van der Waals surface area contributed by atoms with Gasteiger partial charge in [0.05, 0.1) is 35.9 Å². The first kappa shape index (κ1) is 21.4. The third kappa shape index (κ3) is 4.63. The molecule has 30 heavy (non-hydrogen) atoms. The number of esters is 1. The van der Waals surface area contributed by atoms with Crippen LogP contribution in [0.25, 0.3) is 10.9 Å². The number of aromatic nitrogens is 4. The molecular weight excluding hydrogens is 415 g/mol. The Morgan fingerprint density at radius 3 is 2.53 bits per heavy atom. The summed E-state index contributed by atoms with van der Waals surface area (Å²) in [6.07, 6.45) is -1.66. The number of fused-ring (bicyclic) bond motifs is 1. The van der Waals surface area contributed by atoms with Crippen LogP contribution in [0, 0.1) is 0 Å². The number of ether oxygens (including phenoxy) is 2. The summed E-state index contributed by atoms with van der Waals surface area (Å²) in [4.78, 5) is 20.0. The van der Waals surface area contributed by atoms with Crippen LogP contribution >= 0.6 is 0 Å². The molecule has 0 unspecified atom stereocenters. The minimum atomic E-state index is -5.69. The van der Waals surface area contributed by atoms with E-state index in [0.717, 1.165) is 6.20 Å². The standard InChI is InChI=1S/C18H15F5N4O3/c1-2-29-16(28)15-13-9-27(26-14(13)5-6-24-15)8-11-3-4-12(7-25-11)30-10-17(19,20)18(21,22)23/h3-7,9H,2,8,10H2,1H3. The maximum atomic E-state index is 12.9. The first-order valence-corrected chi connectivity index (χ1v) is 8.62. The topological polar surface area (TPSA) is 79.1 Å². The highest BCUT2D eigenvalue weighted by Gasteiger charge is 2.58. The van der Waals surface area contributed by atoms with Gasteiger partial charge in [-0.05, 0) is 25.1 Å². The Morgan fingerprint density at radius 1 is 1.13 bits per heavy atom. The zero-order valence-corrected chi connectivity index (χ0v) is 15.5. The minimum absolute atomic E-state index is 0.114. The number of nitrogens with zero attached hydrogens (tertiary/aromatic N) is 4. The quantitative estimate of drug-likeness (QED) is 0.421. The molecule has 3 heterocycles. The Bertz CT molecular complexity index is 1030. The number of hydrogen-bond acceptors (Lipinski definition) is 6. The van der Waals surface area contributed by atoms with Gasteiger partial charge in [-0.1, -0.05) is 0 Å². The van der Waals surface area contributed by atoms with Gasteiger partial charge >= 0.3 is 18.1 Å². The van der Waals surface area contributed by atoms with Crippen molar-refractivity contribution in [1.29, 1.82) is 0 Å². The molecule has 0 atom stereocenters. The highest BCUT2D eigenvalue weighted by molar-refractivity contribution is 6.01. The number of carbonyl (C=O) groups is 1. The van der Waals surface area contributed by atoms with Crippen molar-refractivity contribution in [2.24, 2.45) is 0 Å². The molecule has 0 saturated heterocycles. The molecule has 0 fully saturated rings. The van der Waals surface area contributed by atoms with Gasteiger partial charge in [-0.15, -0.1) is 0 Å². The van der Waals surface area contributed by atoms with E-state index in [4.69, 9.17) is 4.74 Å². The molecule has 0 bridgehead atoms. The molecule has 3 aromatic heterocycles. The van der Waals surface area contributed by atoms with Crippen molar-refractivity contribution >= 4 is 16.9 Å². The number of halogens is 5. The molecule has 0 aliphatic heterocycles. The molecule has 0 radical (unpaired) electrons. The lowest BCUT2D eigenvalue weighted by atomic mass is 10.2. The SMILES string of the molecule is CCOC(=O)c1nccc2nn(Cc3ccc(OCC(F)(F)C(F)(F)F)cn3)cc12. The highest BCUT2D eigenvalue weighted by Crippen LogP contribution is 2.35. The van der Waals surface area contributed by atoms with Crippen molar-refractivity contribution in [3.63, 3.8) is 0 Å². The zero-order chi connectivity index (χ0) is 21.9. The van der Waals surface area contributed by atoms with Gasteiger partial charge in [-0.3, -0.25) is 9.67 Å². The number of alkyl halides is 5. The maximum absolute atomic E-state index is 12.9. The van der Waals surface area contributed by atoms with Gasteiger partial charge < -0.3 is 9.47 Å². The predicted octanol–water partition coefficient (Wildman–Crippen LogP) is 3.63. The maximum Gasteiger partial charge on any atom is 0.456 e. The lowest BCUT2D eigenvalue weighted by Gasteiger charge is -2.19. The van der Waals surface area contributed by atoms with Crippen molar-refractivity contribution < 1.29 is 36.2 Å². The van der Waals surface area contributed by atoms with E-state index in [2.05, 4.69) is 19.8 Å². The predicted molar refractivity (Wildman–Crippen MR) is 93.3 cm³/mol. The summed E-state index contributed by atoms with van der Waals surface area (Å²) < 4.78 is 73.2. The van der Waals surface area contributed by atoms with Crippen LogP contribution in [0.1, 0.15) is 23.1 Å². The Kier molecular flexibility index (Phi) is 5.85. The van der Waals surface area contributed by atoms with Crippen LogP contribution in [0.4, 0.5) is 22.0 Å². The number of pyridine rings is 2. The zero-order valence-electron chi connectivity index (χ0n) is 15.5. The number of hydrogen-bond donors (Lipinski definition) is 0. The van der Waals surface area contributed by atoms with Crippen molar-refractivity contribution in [3.8, 4) is 5.75 Å². The smallest absolute Gasteiger partial charge is 0.456 e. The largest absolute Gasteiger partial charge is 0.485 e. The Morgan fingerprint density at radius 2 is 1.90 bits per heavy atom. The number of rotatable bonds is 7. The second-order valence-electron chi connectivity index (χ2n) is 6.12. The fourth-order valence-corrected chi connectivity index (χ4v) is 2.45. The van der Waals surface area contributed by atoms with Crippen LogP contribution < -0.4 is 4.74 Å². The molecule has 12 heteroatoms. The minimum Gasteiger partial charge on any atom is -0.485 e. The van der Waals surface area contributed by atoms with Crippen LogP contribution in [0.5, 0.6) is 5.75 Å². The molecule has 3 rings (SSSR count). The van der Waals surface area contributed by atoms with Gasteiger partial charge in [-0.2, -0.15) is 27.1 Å². The fourth-order valence-electron chi connectivity index (χ4n) is 2.45. The second-order valence-corrected chi connectivity index (χ2v) is 6.12. The molecule has 7 nitrogen and oxygen atoms in total. The normalized spacial score (nSPS) is 12.2. The Balaban J connectivity index is 1.71. The summed E-state index contributed by atoms with van der Waals surface area (Å²) in [6, 6.07) is 4.24. The molecule has 0 amide bonds. The van der Waals surface area contributed by atoms with Crippen molar-refractivity contribution in [1.82, 2.24) is 19.7 Å². The monoisotopic (exact) mass is 430 g/mol. The number of carbonyl (C=O) groups excluding carboxylic acids is 1.